The first-order valence-corrected chi connectivity index (χ1v) is 19.3. The molecule has 0 radical (unpaired) electrons. The summed E-state index contributed by atoms with van der Waals surface area (Å²) in [5.41, 5.74) is 0. The Morgan fingerprint density at radius 3 is 1.76 bits per heavy atom. The number of carbonyl (C=O) groups excluding carboxylic acids is 1. The van der Waals surface area contributed by atoms with Crippen molar-refractivity contribution in [3.63, 3.8) is 0 Å². The first kappa shape index (κ1) is 44.5. The first-order chi connectivity index (χ1) is 22.1. The second-order valence-corrected chi connectivity index (χ2v) is 14.3. The fourth-order valence-corrected chi connectivity index (χ4v) is 5.11. The van der Waals surface area contributed by atoms with E-state index in [0.29, 0.717) is 24.1 Å². The average molecular weight is 670 g/mol. The highest BCUT2D eigenvalue weighted by atomic mass is 31.2. The number of unbranched alkanes of at least 4 members (excludes halogenated alkanes) is 10. The van der Waals surface area contributed by atoms with E-state index in [1.54, 1.807) is 0 Å². The fourth-order valence-electron chi connectivity index (χ4n) is 4.38. The zero-order chi connectivity index (χ0) is 34.2. The SMILES string of the molecule is CC/C=C\C/C=C\C/C=C\C/C=C\CCC(=O)OC(COCCCCCCCCCCCCC)COP(=O)([O-])OCC[N+](C)(C)C. The summed E-state index contributed by atoms with van der Waals surface area (Å²) < 4.78 is 34.2. The van der Waals surface area contributed by atoms with Gasteiger partial charge in [0.2, 0.25) is 0 Å². The molecular weight excluding hydrogens is 601 g/mol. The van der Waals surface area contributed by atoms with E-state index in [0.717, 1.165) is 38.5 Å². The molecule has 0 amide bonds. The summed E-state index contributed by atoms with van der Waals surface area (Å²) in [7, 11) is 1.31. The van der Waals surface area contributed by atoms with E-state index in [-0.39, 0.29) is 26.2 Å². The number of phosphoric acid groups is 1. The largest absolute Gasteiger partial charge is 0.756 e. The number of hydrogen-bond acceptors (Lipinski definition) is 7. The number of phosphoric ester groups is 1. The molecular formula is C37H68NO7P. The molecule has 2 unspecified atom stereocenters. The molecule has 0 aromatic carbocycles. The Morgan fingerprint density at radius 2 is 1.22 bits per heavy atom. The van der Waals surface area contributed by atoms with E-state index >= 15 is 0 Å². The summed E-state index contributed by atoms with van der Waals surface area (Å²) in [5, 5.41) is 0. The second-order valence-electron chi connectivity index (χ2n) is 12.9. The lowest BCUT2D eigenvalue weighted by Crippen LogP contribution is -2.37. The minimum atomic E-state index is -4.53. The Balaban J connectivity index is 4.47. The Labute approximate surface area is 282 Å². The van der Waals surface area contributed by atoms with Crippen molar-refractivity contribution in [2.24, 2.45) is 0 Å². The predicted octanol–water partition coefficient (Wildman–Crippen LogP) is 9.02. The molecule has 0 spiro atoms. The molecule has 9 heteroatoms. The van der Waals surface area contributed by atoms with Crippen molar-refractivity contribution in [3.8, 4) is 0 Å². The Kier molecular flexibility index (Phi) is 29.7. The van der Waals surface area contributed by atoms with Crippen LogP contribution >= 0.6 is 7.82 Å². The number of nitrogens with zero attached hydrogens (tertiary/aromatic N) is 1. The standard InChI is InChI=1S/C37H68NO7P/c1-6-8-10-12-14-16-18-19-20-22-24-26-28-30-37(39)45-36(35-44-46(40,41)43-33-31-38(3,4)5)34-42-32-29-27-25-23-21-17-15-13-11-9-7-2/h8,10,14,16,19-20,24,26,36H,6-7,9,11-13,15,17-18,21-23,25,27-35H2,1-5H3/b10-8-,16-14-,20-19-,26-24-. The number of carbonyl (C=O) groups is 1. The summed E-state index contributed by atoms with van der Waals surface area (Å²) in [6, 6.07) is 0. The molecule has 0 saturated carbocycles. The third-order valence-electron chi connectivity index (χ3n) is 7.16. The maximum absolute atomic E-state index is 12.5. The van der Waals surface area contributed by atoms with Gasteiger partial charge in [0.15, 0.2) is 0 Å². The van der Waals surface area contributed by atoms with Crippen molar-refractivity contribution in [3.05, 3.63) is 48.6 Å². The highest BCUT2D eigenvalue weighted by Gasteiger charge is 2.20. The summed E-state index contributed by atoms with van der Waals surface area (Å²) >= 11 is 0. The van der Waals surface area contributed by atoms with Crippen molar-refractivity contribution in [1.29, 1.82) is 0 Å². The number of allylic oxidation sites excluding steroid dienone is 8. The molecule has 0 aromatic rings. The van der Waals surface area contributed by atoms with Crippen LogP contribution in [0.5, 0.6) is 0 Å². The van der Waals surface area contributed by atoms with Gasteiger partial charge in [-0.3, -0.25) is 9.36 Å². The van der Waals surface area contributed by atoms with Crippen LogP contribution in [0.3, 0.4) is 0 Å². The fraction of sp³-hybridized carbons (Fsp3) is 0.757. The molecule has 2 atom stereocenters. The van der Waals surface area contributed by atoms with E-state index < -0.39 is 19.9 Å². The van der Waals surface area contributed by atoms with Gasteiger partial charge in [0.25, 0.3) is 7.82 Å². The lowest BCUT2D eigenvalue weighted by atomic mass is 10.1. The average Bonchev–Trinajstić information content (AvgIpc) is 2.99. The molecule has 0 aliphatic heterocycles. The molecule has 0 aliphatic rings. The van der Waals surface area contributed by atoms with Gasteiger partial charge < -0.3 is 27.9 Å². The van der Waals surface area contributed by atoms with Gasteiger partial charge >= 0.3 is 5.97 Å². The number of likely N-dealkylation sites (N-methyl/N-ethyl adjacent to an activating group) is 1. The molecule has 0 aliphatic carbocycles. The van der Waals surface area contributed by atoms with Gasteiger partial charge in [-0.05, 0) is 38.5 Å². The Morgan fingerprint density at radius 1 is 0.696 bits per heavy atom. The maximum Gasteiger partial charge on any atom is 0.306 e. The van der Waals surface area contributed by atoms with Gasteiger partial charge in [-0.2, -0.15) is 0 Å². The highest BCUT2D eigenvalue weighted by molar-refractivity contribution is 7.45. The second kappa shape index (κ2) is 30.8. The van der Waals surface area contributed by atoms with Crippen molar-refractivity contribution in [1.82, 2.24) is 0 Å². The van der Waals surface area contributed by atoms with Crippen LogP contribution in [0.1, 0.15) is 123 Å². The van der Waals surface area contributed by atoms with E-state index in [1.807, 2.05) is 33.3 Å². The third kappa shape index (κ3) is 33.8. The summed E-state index contributed by atoms with van der Waals surface area (Å²) in [6.45, 7) is 5.16. The monoisotopic (exact) mass is 669 g/mol. The van der Waals surface area contributed by atoms with Crippen LogP contribution in [0.25, 0.3) is 0 Å². The van der Waals surface area contributed by atoms with Crippen LogP contribution in [-0.2, 0) is 27.9 Å². The molecule has 0 fully saturated rings. The number of hydrogen-bond donors (Lipinski definition) is 0. The van der Waals surface area contributed by atoms with Crippen LogP contribution < -0.4 is 4.89 Å². The lowest BCUT2D eigenvalue weighted by molar-refractivity contribution is -0.870. The Bertz CT molecular complexity index is 879. The van der Waals surface area contributed by atoms with Gasteiger partial charge in [0.1, 0.15) is 19.3 Å². The number of rotatable bonds is 32. The zero-order valence-corrected chi connectivity index (χ0v) is 30.9. The minimum absolute atomic E-state index is 0.0129. The molecule has 8 nitrogen and oxygen atoms in total. The lowest BCUT2D eigenvalue weighted by Gasteiger charge is -2.28. The normalized spacial score (nSPS) is 14.7. The van der Waals surface area contributed by atoms with E-state index in [9.17, 15) is 14.3 Å². The first-order valence-electron chi connectivity index (χ1n) is 17.9. The maximum atomic E-state index is 12.5. The summed E-state index contributed by atoms with van der Waals surface area (Å²) in [5.74, 6) is -0.416. The van der Waals surface area contributed by atoms with E-state index in [2.05, 4.69) is 50.3 Å². The predicted molar refractivity (Wildman–Crippen MR) is 190 cm³/mol. The molecule has 46 heavy (non-hydrogen) atoms. The smallest absolute Gasteiger partial charge is 0.306 e. The van der Waals surface area contributed by atoms with Crippen LogP contribution in [0.15, 0.2) is 48.6 Å². The van der Waals surface area contributed by atoms with Crippen molar-refractivity contribution in [2.45, 2.75) is 129 Å². The number of quaternary nitrogens is 1. The van der Waals surface area contributed by atoms with Gasteiger partial charge in [-0.15, -0.1) is 0 Å². The van der Waals surface area contributed by atoms with Gasteiger partial charge in [-0.1, -0.05) is 127 Å². The van der Waals surface area contributed by atoms with E-state index in [4.69, 9.17) is 18.5 Å². The van der Waals surface area contributed by atoms with Crippen molar-refractivity contribution < 1.29 is 37.3 Å². The van der Waals surface area contributed by atoms with Crippen LogP contribution in [0, 0.1) is 0 Å². The van der Waals surface area contributed by atoms with Gasteiger partial charge in [0, 0.05) is 13.0 Å². The Hall–Kier alpha value is -1.54. The molecule has 0 saturated heterocycles. The molecule has 0 N–H and O–H groups in total. The zero-order valence-electron chi connectivity index (χ0n) is 30.0. The van der Waals surface area contributed by atoms with Crippen molar-refractivity contribution in [2.75, 3.05) is 54.1 Å². The van der Waals surface area contributed by atoms with Crippen LogP contribution in [0.4, 0.5) is 0 Å². The molecule has 0 bridgehead atoms. The van der Waals surface area contributed by atoms with E-state index in [1.165, 1.54) is 57.8 Å². The molecule has 0 rings (SSSR count). The molecule has 268 valence electrons. The molecule has 0 heterocycles. The summed E-state index contributed by atoms with van der Waals surface area (Å²) in [4.78, 5) is 24.8. The van der Waals surface area contributed by atoms with Gasteiger partial charge in [-0.25, -0.2) is 0 Å². The number of esters is 1. The number of ether oxygens (including phenoxy) is 2. The minimum Gasteiger partial charge on any atom is -0.756 e. The van der Waals surface area contributed by atoms with Crippen LogP contribution in [-0.4, -0.2) is 70.7 Å². The topological polar surface area (TPSA) is 94.1 Å². The van der Waals surface area contributed by atoms with Crippen LogP contribution in [0.2, 0.25) is 0 Å². The summed E-state index contributed by atoms with van der Waals surface area (Å²) in [6.07, 6.45) is 34.2. The quantitative estimate of drug-likeness (QED) is 0.0232. The third-order valence-corrected chi connectivity index (χ3v) is 8.12. The van der Waals surface area contributed by atoms with Crippen molar-refractivity contribution >= 4 is 13.8 Å². The highest BCUT2D eigenvalue weighted by Crippen LogP contribution is 2.38. The van der Waals surface area contributed by atoms with Gasteiger partial charge in [0.05, 0.1) is 34.4 Å². The molecule has 0 aromatic heterocycles.